The van der Waals surface area contributed by atoms with Crippen LogP contribution in [0.4, 0.5) is 5.69 Å². The summed E-state index contributed by atoms with van der Waals surface area (Å²) in [6, 6.07) is 12.6. The molecular weight excluding hydrogens is 708 g/mol. The zero-order valence-electron chi connectivity index (χ0n) is 29.8. The molecule has 0 fully saturated rings. The lowest BCUT2D eigenvalue weighted by Crippen LogP contribution is -2.54. The van der Waals surface area contributed by atoms with Crippen molar-refractivity contribution >= 4 is 40.1 Å². The minimum Gasteiger partial charge on any atom is -0.493 e. The molecule has 2 unspecified atom stereocenters. The van der Waals surface area contributed by atoms with Crippen LogP contribution in [0.15, 0.2) is 71.6 Å². The zero-order chi connectivity index (χ0) is 37.2. The number of ether oxygens (including phenoxy) is 4. The zero-order valence-corrected chi connectivity index (χ0v) is 31.4. The van der Waals surface area contributed by atoms with E-state index in [-0.39, 0.29) is 80.1 Å². The molecule has 0 spiro atoms. The Morgan fingerprint density at radius 2 is 1.71 bits per heavy atom. The van der Waals surface area contributed by atoms with Gasteiger partial charge in [0.15, 0.2) is 11.5 Å². The Morgan fingerprint density at radius 3 is 2.29 bits per heavy atom. The Kier molecular flexibility index (Phi) is 15.9. The number of nitrogens with zero attached hydrogens (tertiary/aromatic N) is 3. The first-order valence-corrected chi connectivity index (χ1v) is 17.8. The van der Waals surface area contributed by atoms with Gasteiger partial charge < -0.3 is 34.3 Å². The number of hydrogen-bond acceptors (Lipinski definition) is 13. The van der Waals surface area contributed by atoms with Crippen LogP contribution in [0.25, 0.3) is 0 Å². The second kappa shape index (κ2) is 18.9. The van der Waals surface area contributed by atoms with Crippen molar-refractivity contribution in [2.45, 2.75) is 52.2 Å². The molecule has 0 saturated carbocycles. The average Bonchev–Trinajstić information content (AvgIpc) is 3.06. The van der Waals surface area contributed by atoms with Crippen LogP contribution in [0, 0.1) is 10.1 Å². The molecule has 0 saturated heterocycles. The van der Waals surface area contributed by atoms with Crippen molar-refractivity contribution in [3.05, 3.63) is 87.3 Å². The molecule has 2 aromatic rings. The molecule has 15 nitrogen and oxygen atoms in total. The number of benzene rings is 2. The Hall–Kier alpha value is -4.22. The van der Waals surface area contributed by atoms with Crippen molar-refractivity contribution in [2.75, 3.05) is 52.9 Å². The van der Waals surface area contributed by atoms with E-state index in [1.54, 1.807) is 65.0 Å². The van der Waals surface area contributed by atoms with Crippen molar-refractivity contribution < 1.29 is 47.0 Å². The number of carbonyl (C=O) groups is 2. The van der Waals surface area contributed by atoms with E-state index in [1.165, 1.54) is 36.4 Å². The molecule has 0 radical (unpaired) electrons. The fourth-order valence-corrected chi connectivity index (χ4v) is 6.24. The molecule has 2 N–H and O–H groups in total. The summed E-state index contributed by atoms with van der Waals surface area (Å²) in [6.07, 6.45) is 1.49. The van der Waals surface area contributed by atoms with E-state index in [9.17, 15) is 33.2 Å². The van der Waals surface area contributed by atoms with Crippen molar-refractivity contribution in [1.29, 1.82) is 0 Å². The molecule has 1 aliphatic rings. The molecule has 2 atom stereocenters. The summed E-state index contributed by atoms with van der Waals surface area (Å²) in [5.41, 5.74) is -0.615. The molecule has 282 valence electrons. The molecule has 2 aromatic carbocycles. The SMILES string of the molecule is CCOC(=O)C1=CN(CN(CC(C)(C)NCC(O)COc2ccccc2OC)S(C)(=O)=O)C(C)=C(C(=O)OCC)C1c1cccc([N+](=O)[O-])c1.Cl. The van der Waals surface area contributed by atoms with Gasteiger partial charge in [-0.05, 0) is 52.3 Å². The molecule has 1 heterocycles. The van der Waals surface area contributed by atoms with E-state index in [0.717, 1.165) is 10.6 Å². The maximum atomic E-state index is 13.5. The summed E-state index contributed by atoms with van der Waals surface area (Å²) in [7, 11) is -2.39. The normalized spacial score (nSPS) is 15.4. The molecule has 0 amide bonds. The van der Waals surface area contributed by atoms with E-state index in [0.29, 0.717) is 11.5 Å². The first kappa shape index (κ1) is 42.9. The van der Waals surface area contributed by atoms with Crippen molar-refractivity contribution in [1.82, 2.24) is 14.5 Å². The molecule has 0 aliphatic carbocycles. The van der Waals surface area contributed by atoms with Gasteiger partial charge >= 0.3 is 11.9 Å². The first-order chi connectivity index (χ1) is 23.5. The second-order valence-corrected chi connectivity index (χ2v) is 14.2. The number of sulfonamides is 1. The van der Waals surface area contributed by atoms with Gasteiger partial charge in [-0.25, -0.2) is 18.0 Å². The van der Waals surface area contributed by atoms with E-state index >= 15 is 0 Å². The maximum absolute atomic E-state index is 13.5. The number of aliphatic hydroxyl groups excluding tert-OH is 1. The lowest BCUT2D eigenvalue weighted by molar-refractivity contribution is -0.384. The Morgan fingerprint density at radius 1 is 1.08 bits per heavy atom. The molecular formula is C34H47ClN4O11S. The van der Waals surface area contributed by atoms with Gasteiger partial charge in [0.25, 0.3) is 5.69 Å². The quantitative estimate of drug-likeness (QED) is 0.127. The summed E-state index contributed by atoms with van der Waals surface area (Å²) in [6.45, 7) is 7.94. The predicted molar refractivity (Wildman–Crippen MR) is 192 cm³/mol. The number of non-ortho nitro benzene ring substituents is 1. The van der Waals surface area contributed by atoms with Crippen molar-refractivity contribution in [3.63, 3.8) is 0 Å². The number of nitrogens with one attached hydrogen (secondary N) is 1. The number of hydrogen-bond donors (Lipinski definition) is 2. The molecule has 0 bridgehead atoms. The number of para-hydroxylation sites is 2. The highest BCUT2D eigenvalue weighted by molar-refractivity contribution is 7.88. The lowest BCUT2D eigenvalue weighted by Gasteiger charge is -2.39. The van der Waals surface area contributed by atoms with Crippen LogP contribution in [0.2, 0.25) is 0 Å². The molecule has 51 heavy (non-hydrogen) atoms. The Labute approximate surface area is 304 Å². The summed E-state index contributed by atoms with van der Waals surface area (Å²) >= 11 is 0. The number of rotatable bonds is 18. The van der Waals surface area contributed by atoms with Crippen molar-refractivity contribution in [3.8, 4) is 11.5 Å². The number of β-amino-alcohol motifs (C(OH)–C–C–N with tert-alkyl or cyclic N) is 1. The summed E-state index contributed by atoms with van der Waals surface area (Å²) in [5.74, 6) is -1.69. The number of esters is 2. The second-order valence-electron chi connectivity index (χ2n) is 12.2. The van der Waals surface area contributed by atoms with E-state index in [1.807, 2.05) is 0 Å². The third kappa shape index (κ3) is 11.7. The van der Waals surface area contributed by atoms with Crippen LogP contribution in [0.1, 0.15) is 46.1 Å². The van der Waals surface area contributed by atoms with Crippen LogP contribution >= 0.6 is 12.4 Å². The fourth-order valence-electron chi connectivity index (χ4n) is 5.34. The van der Waals surface area contributed by atoms with Gasteiger partial charge in [-0.3, -0.25) is 10.1 Å². The number of carbonyl (C=O) groups excluding carboxylic acids is 2. The third-order valence-corrected chi connectivity index (χ3v) is 8.99. The Bertz CT molecular complexity index is 1720. The van der Waals surface area contributed by atoms with Gasteiger partial charge in [0.2, 0.25) is 10.0 Å². The highest BCUT2D eigenvalue weighted by atomic mass is 35.5. The van der Waals surface area contributed by atoms with E-state index < -0.39 is 44.4 Å². The van der Waals surface area contributed by atoms with Gasteiger partial charge in [-0.1, -0.05) is 24.3 Å². The summed E-state index contributed by atoms with van der Waals surface area (Å²) in [4.78, 5) is 39.4. The third-order valence-electron chi connectivity index (χ3n) is 7.80. The number of nitro groups is 1. The molecule has 0 aromatic heterocycles. The Balaban J connectivity index is 0.00000901. The predicted octanol–water partition coefficient (Wildman–Crippen LogP) is 3.74. The summed E-state index contributed by atoms with van der Waals surface area (Å²) < 4.78 is 49.2. The number of halogens is 1. The van der Waals surface area contributed by atoms with Crippen LogP contribution in [-0.2, 0) is 29.1 Å². The standard InChI is InChI=1S/C34H46N4O11S.ClH/c1-8-47-32(40)27-19-36(23(3)30(33(41)48-9-2)31(27)24-13-12-14-25(17-24)38(42)43)22-37(50(7,44)45)21-34(4,5)35-18-26(39)20-49-29-16-11-10-15-28(29)46-6;/h10-17,19,26,31,35,39H,8-9,18,20-22H2,1-7H3;1H. The number of allylic oxidation sites excluding steroid dienone is 1. The largest absolute Gasteiger partial charge is 0.493 e. The number of methoxy groups -OCH3 is 1. The maximum Gasteiger partial charge on any atom is 0.336 e. The number of nitro benzene ring substituents is 1. The van der Waals surface area contributed by atoms with Gasteiger partial charge in [0.1, 0.15) is 12.7 Å². The molecule has 3 rings (SSSR count). The highest BCUT2D eigenvalue weighted by Crippen LogP contribution is 2.41. The summed E-state index contributed by atoms with van der Waals surface area (Å²) in [5, 5.41) is 25.4. The topological polar surface area (TPSA) is 187 Å². The van der Waals surface area contributed by atoms with E-state index in [2.05, 4.69) is 5.32 Å². The number of aliphatic hydroxyl groups is 1. The van der Waals surface area contributed by atoms with E-state index in [4.69, 9.17) is 18.9 Å². The van der Waals surface area contributed by atoms with Crippen LogP contribution in [-0.4, -0.2) is 104 Å². The van der Waals surface area contributed by atoms with Gasteiger partial charge in [0, 0.05) is 42.7 Å². The van der Waals surface area contributed by atoms with Gasteiger partial charge in [-0.2, -0.15) is 4.31 Å². The molecule has 17 heteroatoms. The monoisotopic (exact) mass is 754 g/mol. The fraction of sp³-hybridized carbons (Fsp3) is 0.471. The lowest BCUT2D eigenvalue weighted by atomic mass is 9.81. The van der Waals surface area contributed by atoms with Crippen molar-refractivity contribution in [2.24, 2.45) is 0 Å². The van der Waals surface area contributed by atoms with Gasteiger partial charge in [0.05, 0.1) is 55.2 Å². The molecule has 1 aliphatic heterocycles. The van der Waals surface area contributed by atoms with Crippen LogP contribution in [0.5, 0.6) is 11.5 Å². The highest BCUT2D eigenvalue weighted by Gasteiger charge is 2.40. The van der Waals surface area contributed by atoms with Crippen LogP contribution in [0.3, 0.4) is 0 Å². The van der Waals surface area contributed by atoms with Gasteiger partial charge in [-0.15, -0.1) is 12.4 Å². The average molecular weight is 755 g/mol. The van der Waals surface area contributed by atoms with Crippen LogP contribution < -0.4 is 14.8 Å². The minimum atomic E-state index is -3.90. The first-order valence-electron chi connectivity index (χ1n) is 15.9. The smallest absolute Gasteiger partial charge is 0.336 e. The minimum absolute atomic E-state index is 0.